The summed E-state index contributed by atoms with van der Waals surface area (Å²) in [6.45, 7) is 0. The van der Waals surface area contributed by atoms with E-state index in [-0.39, 0.29) is 10.6 Å². The monoisotopic (exact) mass is 469 g/mol. The number of hydrogen-bond donors (Lipinski definition) is 0. The summed E-state index contributed by atoms with van der Waals surface area (Å²) < 4.78 is 1.92. The van der Waals surface area contributed by atoms with Crippen molar-refractivity contribution in [2.75, 3.05) is 0 Å². The maximum absolute atomic E-state index is 11.5. The van der Waals surface area contributed by atoms with E-state index in [0.29, 0.717) is 23.2 Å². The molecule has 6 rings (SSSR count). The molecule has 0 aliphatic carbocycles. The van der Waals surface area contributed by atoms with Crippen molar-refractivity contribution in [3.63, 3.8) is 0 Å². The molecule has 2 aromatic heterocycles. The Morgan fingerprint density at radius 2 is 1.25 bits per heavy atom. The largest absolute Gasteiger partial charge is 0.285 e. The zero-order valence-corrected chi connectivity index (χ0v) is 19.0. The molecule has 0 atom stereocenters. The van der Waals surface area contributed by atoms with E-state index in [2.05, 4.69) is 0 Å². The third-order valence-electron chi connectivity index (χ3n) is 6.01. The highest BCUT2D eigenvalue weighted by Gasteiger charge is 2.17. The van der Waals surface area contributed by atoms with Crippen molar-refractivity contribution in [3.8, 4) is 39.9 Å². The van der Waals surface area contributed by atoms with Crippen LogP contribution < -0.4 is 0 Å². The molecule has 0 radical (unpaired) electrons. The highest BCUT2D eigenvalue weighted by Crippen LogP contribution is 2.32. The van der Waals surface area contributed by atoms with E-state index in [1.165, 1.54) is 6.07 Å². The third kappa shape index (κ3) is 3.88. The zero-order chi connectivity index (χ0) is 24.5. The first-order chi connectivity index (χ1) is 17.7. The molecule has 0 saturated heterocycles. The van der Waals surface area contributed by atoms with Gasteiger partial charge in [0.25, 0.3) is 5.69 Å². The molecule has 0 amide bonds. The second kappa shape index (κ2) is 8.88. The molecule has 0 saturated carbocycles. The van der Waals surface area contributed by atoms with Crippen molar-refractivity contribution in [1.29, 1.82) is 0 Å². The summed E-state index contributed by atoms with van der Waals surface area (Å²) in [5.74, 6) is 1.66. The van der Waals surface area contributed by atoms with Crippen LogP contribution in [-0.4, -0.2) is 24.4 Å². The number of rotatable bonds is 5. The smallest absolute Gasteiger partial charge is 0.277 e. The lowest BCUT2D eigenvalue weighted by Crippen LogP contribution is -2.05. The summed E-state index contributed by atoms with van der Waals surface area (Å²) in [5, 5.41) is 12.4. The predicted molar refractivity (Wildman–Crippen MR) is 140 cm³/mol. The van der Waals surface area contributed by atoms with Gasteiger partial charge in [0.1, 0.15) is 0 Å². The van der Waals surface area contributed by atoms with E-state index in [4.69, 9.17) is 15.0 Å². The summed E-state index contributed by atoms with van der Waals surface area (Å²) in [4.78, 5) is 25.5. The number of hydrogen-bond acceptors (Lipinski definition) is 5. The summed E-state index contributed by atoms with van der Waals surface area (Å²) in [6, 6.07) is 34.1. The molecule has 7 nitrogen and oxygen atoms in total. The normalized spacial score (nSPS) is 11.0. The number of benzene rings is 4. The molecule has 172 valence electrons. The van der Waals surface area contributed by atoms with Crippen LogP contribution in [0.1, 0.15) is 0 Å². The molecule has 0 spiro atoms. The number of nitrogens with zero attached hydrogens (tertiary/aromatic N) is 5. The third-order valence-corrected chi connectivity index (χ3v) is 6.01. The minimum atomic E-state index is -0.355. The molecule has 0 aliphatic rings. The molecular formula is C29H19N5O2. The van der Waals surface area contributed by atoms with Crippen LogP contribution in [-0.2, 0) is 0 Å². The van der Waals surface area contributed by atoms with Gasteiger partial charge in [0.2, 0.25) is 5.95 Å². The van der Waals surface area contributed by atoms with Crippen molar-refractivity contribution in [2.45, 2.75) is 0 Å². The first-order valence-electron chi connectivity index (χ1n) is 11.4. The fraction of sp³-hybridized carbons (Fsp3) is 0. The summed E-state index contributed by atoms with van der Waals surface area (Å²) in [7, 11) is 0. The summed E-state index contributed by atoms with van der Waals surface area (Å²) in [6.07, 6.45) is 1.91. The van der Waals surface area contributed by atoms with Gasteiger partial charge >= 0.3 is 0 Å². The molecule has 7 heteroatoms. The minimum Gasteiger partial charge on any atom is -0.285 e. The SMILES string of the molecule is O=[N+]([O-])c1ccccc1-c1ccc2c(ccn2-c2nc(-c3ccccc3)nc(-c3ccccc3)n2)c1. The fourth-order valence-electron chi connectivity index (χ4n) is 4.27. The van der Waals surface area contributed by atoms with Gasteiger partial charge in [0.15, 0.2) is 11.6 Å². The van der Waals surface area contributed by atoms with Gasteiger partial charge in [-0.15, -0.1) is 0 Å². The molecule has 2 heterocycles. The first-order valence-corrected chi connectivity index (χ1v) is 11.4. The molecular weight excluding hydrogens is 450 g/mol. The Hall–Kier alpha value is -5.17. The average molecular weight is 470 g/mol. The number of fused-ring (bicyclic) bond motifs is 1. The van der Waals surface area contributed by atoms with Crippen LogP contribution in [0.4, 0.5) is 5.69 Å². The second-order valence-electron chi connectivity index (χ2n) is 8.25. The van der Waals surface area contributed by atoms with Crippen LogP contribution in [0.25, 0.3) is 50.8 Å². The van der Waals surface area contributed by atoms with Gasteiger partial charge in [-0.3, -0.25) is 14.7 Å². The minimum absolute atomic E-state index is 0.0776. The lowest BCUT2D eigenvalue weighted by Gasteiger charge is -2.10. The Kier molecular flexibility index (Phi) is 5.27. The van der Waals surface area contributed by atoms with Crippen molar-refractivity contribution < 1.29 is 4.92 Å². The Labute approximate surface area is 206 Å². The van der Waals surface area contributed by atoms with Crippen molar-refractivity contribution in [1.82, 2.24) is 19.5 Å². The Morgan fingerprint density at radius 3 is 1.89 bits per heavy atom. The topological polar surface area (TPSA) is 86.7 Å². The molecule has 0 N–H and O–H groups in total. The maximum Gasteiger partial charge on any atom is 0.277 e. The average Bonchev–Trinajstić information content (AvgIpc) is 3.37. The molecule has 0 bridgehead atoms. The van der Waals surface area contributed by atoms with Gasteiger partial charge in [-0.25, -0.2) is 4.98 Å². The molecule has 36 heavy (non-hydrogen) atoms. The summed E-state index contributed by atoms with van der Waals surface area (Å²) in [5.41, 5.74) is 4.12. The van der Waals surface area contributed by atoms with E-state index < -0.39 is 0 Å². The van der Waals surface area contributed by atoms with E-state index in [9.17, 15) is 10.1 Å². The van der Waals surface area contributed by atoms with Crippen LogP contribution in [0.15, 0.2) is 115 Å². The molecule has 0 fully saturated rings. The Bertz CT molecular complexity index is 1660. The van der Waals surface area contributed by atoms with Gasteiger partial charge < -0.3 is 0 Å². The number of nitro groups is 1. The van der Waals surface area contributed by atoms with E-state index >= 15 is 0 Å². The number of para-hydroxylation sites is 1. The van der Waals surface area contributed by atoms with Crippen molar-refractivity contribution >= 4 is 16.6 Å². The Balaban J connectivity index is 1.50. The van der Waals surface area contributed by atoms with Crippen LogP contribution in [0, 0.1) is 10.1 Å². The van der Waals surface area contributed by atoms with Gasteiger partial charge in [0.05, 0.1) is 16.0 Å². The lowest BCUT2D eigenvalue weighted by molar-refractivity contribution is -0.384. The van der Waals surface area contributed by atoms with Gasteiger partial charge in [-0.1, -0.05) is 78.9 Å². The predicted octanol–water partition coefficient (Wildman–Crippen LogP) is 6.72. The maximum atomic E-state index is 11.5. The second-order valence-corrected chi connectivity index (χ2v) is 8.25. The zero-order valence-electron chi connectivity index (χ0n) is 19.0. The number of nitro benzene ring substituents is 1. The molecule has 0 aliphatic heterocycles. The molecule has 4 aromatic carbocycles. The van der Waals surface area contributed by atoms with Crippen LogP contribution in [0.5, 0.6) is 0 Å². The van der Waals surface area contributed by atoms with Crippen LogP contribution in [0.2, 0.25) is 0 Å². The van der Waals surface area contributed by atoms with Gasteiger partial charge in [-0.2, -0.15) is 9.97 Å². The highest BCUT2D eigenvalue weighted by atomic mass is 16.6. The van der Waals surface area contributed by atoms with E-state index in [1.54, 1.807) is 18.2 Å². The highest BCUT2D eigenvalue weighted by molar-refractivity contribution is 5.88. The number of aromatic nitrogens is 4. The first kappa shape index (κ1) is 21.4. The van der Waals surface area contributed by atoms with Crippen LogP contribution in [0.3, 0.4) is 0 Å². The molecule has 0 unspecified atom stereocenters. The van der Waals surface area contributed by atoms with Crippen molar-refractivity contribution in [3.05, 3.63) is 126 Å². The lowest BCUT2D eigenvalue weighted by atomic mass is 10.0. The van der Waals surface area contributed by atoms with E-state index in [1.807, 2.05) is 95.7 Å². The fourth-order valence-corrected chi connectivity index (χ4v) is 4.27. The quantitative estimate of drug-likeness (QED) is 0.206. The van der Waals surface area contributed by atoms with Gasteiger partial charge in [-0.05, 0) is 29.8 Å². The Morgan fingerprint density at radius 1 is 0.639 bits per heavy atom. The summed E-state index contributed by atoms with van der Waals surface area (Å²) >= 11 is 0. The molecule has 6 aromatic rings. The van der Waals surface area contributed by atoms with Gasteiger partial charge in [0, 0.05) is 28.8 Å². The standard InChI is InChI=1S/C29H19N5O2/c35-34(36)26-14-8-7-13-24(26)22-15-16-25-23(19-22)17-18-33(25)29-31-27(20-9-3-1-4-10-20)30-28(32-29)21-11-5-2-6-12-21/h1-19H. The van der Waals surface area contributed by atoms with Crippen molar-refractivity contribution in [2.24, 2.45) is 0 Å². The van der Waals surface area contributed by atoms with E-state index in [0.717, 1.165) is 27.6 Å². The van der Waals surface area contributed by atoms with Crippen LogP contribution >= 0.6 is 0 Å².